The van der Waals surface area contributed by atoms with Crippen LogP contribution in [0.2, 0.25) is 0 Å². The number of primary amides is 1. The number of urea groups is 1. The molecule has 4 aromatic heterocycles. The van der Waals surface area contributed by atoms with Crippen LogP contribution in [0.25, 0.3) is 22.3 Å². The number of nitrogens with one attached hydrogen (secondary N) is 6. The van der Waals surface area contributed by atoms with Crippen molar-refractivity contribution < 1.29 is 83.8 Å². The smallest absolute Gasteiger partial charge is 0.407 e. The van der Waals surface area contributed by atoms with E-state index in [9.17, 15) is 42.7 Å². The van der Waals surface area contributed by atoms with E-state index in [-0.39, 0.29) is 104 Å². The fourth-order valence-electron chi connectivity index (χ4n) is 10.1. The predicted molar refractivity (Wildman–Crippen MR) is 324 cm³/mol. The first-order valence-electron chi connectivity index (χ1n) is 28.7. The van der Waals surface area contributed by atoms with Gasteiger partial charge in [-0.25, -0.2) is 57.4 Å². The summed E-state index contributed by atoms with van der Waals surface area (Å²) >= 11 is 8.14. The van der Waals surface area contributed by atoms with Gasteiger partial charge in [0.15, 0.2) is 53.2 Å². The second kappa shape index (κ2) is 30.3. The third kappa shape index (κ3) is 17.4. The number of nitrogen functional groups attached to an aromatic ring is 1. The fourth-order valence-corrected chi connectivity index (χ4v) is 13.1. The lowest BCUT2D eigenvalue weighted by atomic mass is 10.0. The van der Waals surface area contributed by atoms with Crippen LogP contribution in [-0.2, 0) is 72.0 Å². The zero-order valence-electron chi connectivity index (χ0n) is 48.8. The summed E-state index contributed by atoms with van der Waals surface area (Å²) in [6.45, 7) is -6.41. The number of nitrogens with two attached hydrogens (primary N) is 2. The molecule has 4 aliphatic heterocycles. The van der Waals surface area contributed by atoms with Crippen molar-refractivity contribution in [1.82, 2.24) is 65.2 Å². The Morgan fingerprint density at radius 2 is 1.33 bits per heavy atom. The number of anilines is 3. The standard InChI is InChI=1S/C52H67F2N17O16P2S2/c1-27(2)38(68-33(72)9-4-3-5-19-69-34(73)14-15-35(69)74)48(76)67-30(8-6-16-58-51(56)77)47(75)66-29-12-10-28(11-13-29)20-81-52(78)59-18-7-17-57-44-40-46(63-24-61-44)71(26-65-40)50-37(54)42-32(85-50)22-83-88(79,90)86-41-31(21-82-89(80,91)87-42)84-49(36(41)53)70-25-64-39-43(55)60-23-62-45(39)70/h10-15,23-27,30-32,36-38,41-42,49-50H,3-9,16-22H2,1-2H3,(H,59,78)(H,66,75)(H,67,76)(H,68,72)(H,79,90)(H,80,91)(H2,55,60,62)(H3,56,58,77)(H,57,61,63)/t30-,31+,32+,36+,37+,38-,41+,42+,49+,50+,88+,89+/m0/s1. The molecule has 5 aromatic rings. The number of hydrogen-bond acceptors (Lipinski definition) is 24. The van der Waals surface area contributed by atoms with Crippen LogP contribution >= 0.6 is 38.1 Å². The third-order valence-electron chi connectivity index (χ3n) is 14.7. The number of carbonyl (C=O) groups is 7. The van der Waals surface area contributed by atoms with Crippen LogP contribution in [0.3, 0.4) is 0 Å². The van der Waals surface area contributed by atoms with E-state index >= 15 is 8.78 Å². The van der Waals surface area contributed by atoms with Gasteiger partial charge in [0.2, 0.25) is 17.7 Å². The molecule has 3 fully saturated rings. The van der Waals surface area contributed by atoms with E-state index in [1.807, 2.05) is 0 Å². The lowest BCUT2D eigenvalue weighted by Crippen LogP contribution is -2.54. The van der Waals surface area contributed by atoms with Crippen molar-refractivity contribution in [3.8, 4) is 0 Å². The number of benzene rings is 1. The number of nitrogens with zero attached hydrogens (tertiary/aromatic N) is 9. The van der Waals surface area contributed by atoms with Crippen molar-refractivity contribution in [2.24, 2.45) is 11.7 Å². The molecule has 492 valence electrons. The molecule has 0 bridgehead atoms. The highest BCUT2D eigenvalue weighted by Crippen LogP contribution is 2.60. The zero-order chi connectivity index (χ0) is 65.1. The molecule has 0 radical (unpaired) electrons. The summed E-state index contributed by atoms with van der Waals surface area (Å²) in [4.78, 5) is 114. The first kappa shape index (κ1) is 67.9. The monoisotopic (exact) mass is 1350 g/mol. The van der Waals surface area contributed by atoms with E-state index in [2.05, 4.69) is 86.3 Å². The Kier molecular flexibility index (Phi) is 22.6. The van der Waals surface area contributed by atoms with Crippen molar-refractivity contribution in [2.75, 3.05) is 55.8 Å². The molecule has 33 nitrogen and oxygen atoms in total. The molecule has 3 saturated heterocycles. The summed E-state index contributed by atoms with van der Waals surface area (Å²) in [7, 11) is 0. The summed E-state index contributed by atoms with van der Waals surface area (Å²) in [5.74, 6) is -2.45. The van der Waals surface area contributed by atoms with E-state index in [0.717, 1.165) is 11.2 Å². The second-order valence-corrected chi connectivity index (χ2v) is 27.3. The van der Waals surface area contributed by atoms with Gasteiger partial charge in [0.1, 0.15) is 61.3 Å². The Bertz CT molecular complexity index is 3600. The molecule has 8 heterocycles. The molecule has 10 N–H and O–H groups in total. The molecule has 0 aliphatic carbocycles. The number of imide groups is 1. The van der Waals surface area contributed by atoms with Crippen molar-refractivity contribution >= 4 is 119 Å². The molecular weight excluding hydrogens is 1280 g/mol. The third-order valence-corrected chi connectivity index (χ3v) is 17.9. The minimum absolute atomic E-state index is 0.0166. The number of thiol groups is 2. The first-order chi connectivity index (χ1) is 43.5. The van der Waals surface area contributed by atoms with Gasteiger partial charge in [-0.2, -0.15) is 0 Å². The molecule has 12 atom stereocenters. The van der Waals surface area contributed by atoms with E-state index in [4.69, 9.17) is 43.8 Å². The topological polar surface area (TPSA) is 433 Å². The van der Waals surface area contributed by atoms with Crippen LogP contribution in [0.1, 0.15) is 76.8 Å². The molecule has 91 heavy (non-hydrogen) atoms. The number of halogens is 2. The Morgan fingerprint density at radius 1 is 0.736 bits per heavy atom. The SMILES string of the molecule is CC(C)[C@H](NC(=O)CCCCCN1C(=O)C=CC1=O)C(=O)N[C@@H](CCCNC(N)=O)C(=O)Nc1ccc(COC(=O)NCCCNc2ncnc3c2ncn3[C@@H]2O[C@@H]3CO[P@@](=O)(S)O[C@H]4[C@@H](F)[C@H](n5cnc6c(N)ncnc65)O[C@@H]4CO[P@@](=O)(S)O[C@H]3[C@H]2F)cc1. The largest absolute Gasteiger partial charge is 0.445 e. The van der Waals surface area contributed by atoms with Crippen LogP contribution in [0.5, 0.6) is 0 Å². The minimum Gasteiger partial charge on any atom is -0.445 e. The quantitative estimate of drug-likeness (QED) is 0.0172. The number of carbonyl (C=O) groups excluding carboxylic acids is 7. The average molecular weight is 1350 g/mol. The second-order valence-electron chi connectivity index (χ2n) is 21.5. The number of ether oxygens (including phenoxy) is 3. The molecule has 9 rings (SSSR count). The van der Waals surface area contributed by atoms with Gasteiger partial charge in [-0.15, -0.1) is 0 Å². The molecule has 1 aromatic carbocycles. The lowest BCUT2D eigenvalue weighted by molar-refractivity contribution is -0.137. The van der Waals surface area contributed by atoms with Gasteiger partial charge in [0, 0.05) is 50.4 Å². The highest BCUT2D eigenvalue weighted by atomic mass is 32.7. The van der Waals surface area contributed by atoms with Crippen molar-refractivity contribution in [3.05, 3.63) is 67.3 Å². The normalized spacial score (nSPS) is 25.7. The summed E-state index contributed by atoms with van der Waals surface area (Å²) in [5, 5.41) is 16.4. The molecule has 0 unspecified atom stereocenters. The van der Waals surface area contributed by atoms with Crippen molar-refractivity contribution in [1.29, 1.82) is 0 Å². The number of unbranched alkanes of at least 4 members (excludes halogenated alkanes) is 2. The molecule has 0 spiro atoms. The minimum atomic E-state index is -4.53. The molecule has 4 aliphatic rings. The number of imidazole rings is 2. The average Bonchev–Trinajstić information content (AvgIpc) is 1.65. The number of hydrogen-bond donors (Lipinski definition) is 10. The maximum Gasteiger partial charge on any atom is 0.407 e. The lowest BCUT2D eigenvalue weighted by Gasteiger charge is -2.28. The Hall–Kier alpha value is -7.47. The van der Waals surface area contributed by atoms with Gasteiger partial charge in [-0.1, -0.05) is 56.9 Å². The Balaban J connectivity index is 0.718. The fraction of sp³-hybridized carbons (Fsp3) is 0.519. The summed E-state index contributed by atoms with van der Waals surface area (Å²) < 4.78 is 102. The van der Waals surface area contributed by atoms with Crippen LogP contribution in [0, 0.1) is 5.92 Å². The van der Waals surface area contributed by atoms with Gasteiger partial charge >= 0.3 is 25.7 Å². The zero-order valence-corrected chi connectivity index (χ0v) is 52.4. The Morgan fingerprint density at radius 3 is 1.95 bits per heavy atom. The van der Waals surface area contributed by atoms with E-state index in [1.54, 1.807) is 38.1 Å². The van der Waals surface area contributed by atoms with E-state index < -0.39 is 118 Å². The van der Waals surface area contributed by atoms with Gasteiger partial charge in [0.25, 0.3) is 11.8 Å². The van der Waals surface area contributed by atoms with E-state index in [0.29, 0.717) is 36.9 Å². The van der Waals surface area contributed by atoms with Crippen LogP contribution < -0.4 is 43.4 Å². The molecular formula is C52H67F2N17O16P2S2. The number of fused-ring (bicyclic) bond motifs is 4. The molecule has 39 heteroatoms. The van der Waals surface area contributed by atoms with Gasteiger partial charge < -0.3 is 57.6 Å². The number of rotatable bonds is 25. The number of alkyl halides is 2. The van der Waals surface area contributed by atoms with Crippen LogP contribution in [-0.4, -0.2) is 174 Å². The number of aromatic nitrogens is 8. The predicted octanol–water partition coefficient (Wildman–Crippen LogP) is 3.84. The van der Waals surface area contributed by atoms with Gasteiger partial charge in [-0.3, -0.25) is 56.1 Å². The molecule has 0 saturated carbocycles. The first-order valence-corrected chi connectivity index (χ1v) is 34.1. The van der Waals surface area contributed by atoms with Crippen molar-refractivity contribution in [3.63, 3.8) is 0 Å². The summed E-state index contributed by atoms with van der Waals surface area (Å²) in [6, 6.07) is 3.53. The highest BCUT2D eigenvalue weighted by Gasteiger charge is 2.54. The van der Waals surface area contributed by atoms with Crippen LogP contribution in [0.15, 0.2) is 61.7 Å². The van der Waals surface area contributed by atoms with Crippen molar-refractivity contribution in [2.45, 2.75) is 127 Å². The molecule has 8 amide bonds. The summed E-state index contributed by atoms with van der Waals surface area (Å²) in [6.07, 6.45) is -4.88. The maximum absolute atomic E-state index is 16.7. The maximum atomic E-state index is 16.7. The highest BCUT2D eigenvalue weighted by molar-refractivity contribution is 8.44. The number of alkyl carbamates (subject to hydrolysis) is 1. The van der Waals surface area contributed by atoms with Crippen LogP contribution in [0.4, 0.5) is 35.7 Å². The summed E-state index contributed by atoms with van der Waals surface area (Å²) in [5.41, 5.74) is 12.6. The number of amides is 8. The Labute approximate surface area is 527 Å². The van der Waals surface area contributed by atoms with Gasteiger partial charge in [0.05, 0.1) is 25.9 Å². The van der Waals surface area contributed by atoms with E-state index in [1.165, 1.54) is 40.3 Å². The van der Waals surface area contributed by atoms with Gasteiger partial charge in [-0.05, 0) is 55.7 Å².